The Morgan fingerprint density at radius 2 is 1.95 bits per heavy atom. The van der Waals surface area contributed by atoms with E-state index in [9.17, 15) is 4.79 Å². The number of carbonyl (C=O) groups is 1. The van der Waals surface area contributed by atoms with Crippen molar-refractivity contribution < 1.29 is 9.90 Å². The fraction of sp³-hybridized carbons (Fsp3) is 0.500. The second-order valence-corrected chi connectivity index (χ2v) is 5.39. The lowest BCUT2D eigenvalue weighted by atomic mass is 10.2. The molecule has 1 aliphatic rings. The van der Waals surface area contributed by atoms with Gasteiger partial charge in [-0.2, -0.15) is 0 Å². The SMILES string of the molecule is CCC(Br)C(=O)O.c1ccc(N2CCNCC2)cc1. The Balaban J connectivity index is 0.000000224. The van der Waals surface area contributed by atoms with E-state index in [0.29, 0.717) is 6.42 Å². The Bertz CT molecular complexity index is 367. The first-order chi connectivity index (χ1) is 9.15. The molecule has 0 aromatic heterocycles. The van der Waals surface area contributed by atoms with Crippen LogP contribution in [0.25, 0.3) is 0 Å². The van der Waals surface area contributed by atoms with E-state index in [1.54, 1.807) is 0 Å². The van der Waals surface area contributed by atoms with Crippen LogP contribution in [0.1, 0.15) is 13.3 Å². The highest BCUT2D eigenvalue weighted by Crippen LogP contribution is 2.12. The maximum Gasteiger partial charge on any atom is 0.317 e. The van der Waals surface area contributed by atoms with Gasteiger partial charge in [-0.15, -0.1) is 0 Å². The van der Waals surface area contributed by atoms with Crippen LogP contribution in [0.15, 0.2) is 30.3 Å². The second-order valence-electron chi connectivity index (χ2n) is 4.29. The van der Waals surface area contributed by atoms with Crippen LogP contribution in [-0.4, -0.2) is 42.1 Å². The second kappa shape index (κ2) is 8.93. The minimum absolute atomic E-state index is 0.368. The van der Waals surface area contributed by atoms with E-state index >= 15 is 0 Å². The number of carboxylic acid groups (broad SMARTS) is 1. The number of carboxylic acids is 1. The van der Waals surface area contributed by atoms with Crippen molar-refractivity contribution >= 4 is 27.6 Å². The number of alkyl halides is 1. The molecule has 106 valence electrons. The first-order valence-corrected chi connectivity index (χ1v) is 7.44. The molecule has 0 aliphatic carbocycles. The molecular formula is C14H21BrN2O2. The molecule has 5 heteroatoms. The number of nitrogens with one attached hydrogen (secondary N) is 1. The molecule has 1 aromatic rings. The van der Waals surface area contributed by atoms with E-state index in [4.69, 9.17) is 5.11 Å². The number of halogens is 1. The number of benzene rings is 1. The van der Waals surface area contributed by atoms with Crippen molar-refractivity contribution in [1.82, 2.24) is 5.32 Å². The molecule has 1 fully saturated rings. The zero-order valence-corrected chi connectivity index (χ0v) is 12.8. The number of hydrogen-bond donors (Lipinski definition) is 2. The van der Waals surface area contributed by atoms with Gasteiger partial charge in [-0.3, -0.25) is 4.79 Å². The number of para-hydroxylation sites is 1. The standard InChI is InChI=1S/C10H14N2.C4H7BrO2/c1-2-4-10(5-3-1)12-8-6-11-7-9-12;1-2-3(5)4(6)7/h1-5,11H,6-9H2;3H,2H2,1H3,(H,6,7). The van der Waals surface area contributed by atoms with Gasteiger partial charge in [0, 0.05) is 31.9 Å². The van der Waals surface area contributed by atoms with Crippen LogP contribution >= 0.6 is 15.9 Å². The topological polar surface area (TPSA) is 52.6 Å². The van der Waals surface area contributed by atoms with Crippen molar-refractivity contribution in [3.63, 3.8) is 0 Å². The highest BCUT2D eigenvalue weighted by atomic mass is 79.9. The summed E-state index contributed by atoms with van der Waals surface area (Å²) in [7, 11) is 0. The molecule has 1 unspecified atom stereocenters. The van der Waals surface area contributed by atoms with Crippen LogP contribution in [0.5, 0.6) is 0 Å². The molecule has 2 rings (SSSR count). The highest BCUT2D eigenvalue weighted by molar-refractivity contribution is 9.10. The van der Waals surface area contributed by atoms with Crippen molar-refractivity contribution in [3.05, 3.63) is 30.3 Å². The van der Waals surface area contributed by atoms with Gasteiger partial charge >= 0.3 is 5.97 Å². The predicted octanol–water partition coefficient (Wildman–Crippen LogP) is 2.34. The monoisotopic (exact) mass is 328 g/mol. The van der Waals surface area contributed by atoms with E-state index in [-0.39, 0.29) is 4.83 Å². The number of piperazine rings is 1. The quantitative estimate of drug-likeness (QED) is 0.836. The number of anilines is 1. The third-order valence-corrected chi connectivity index (χ3v) is 3.90. The van der Waals surface area contributed by atoms with Crippen LogP contribution in [0.3, 0.4) is 0 Å². The Morgan fingerprint density at radius 1 is 1.37 bits per heavy atom. The molecule has 1 saturated heterocycles. The lowest BCUT2D eigenvalue weighted by Crippen LogP contribution is -2.43. The van der Waals surface area contributed by atoms with Gasteiger partial charge in [0.15, 0.2) is 0 Å². The van der Waals surface area contributed by atoms with Crippen molar-refractivity contribution in [2.45, 2.75) is 18.2 Å². The van der Waals surface area contributed by atoms with E-state index in [1.165, 1.54) is 5.69 Å². The third kappa shape index (κ3) is 6.07. The van der Waals surface area contributed by atoms with Crippen LogP contribution < -0.4 is 10.2 Å². The zero-order valence-electron chi connectivity index (χ0n) is 11.2. The minimum atomic E-state index is -0.789. The van der Waals surface area contributed by atoms with Gasteiger partial charge in [0.25, 0.3) is 0 Å². The fourth-order valence-corrected chi connectivity index (χ4v) is 1.74. The van der Waals surface area contributed by atoms with Gasteiger partial charge in [0.05, 0.1) is 0 Å². The molecule has 1 atom stereocenters. The lowest BCUT2D eigenvalue weighted by Gasteiger charge is -2.29. The molecule has 1 aromatic carbocycles. The summed E-state index contributed by atoms with van der Waals surface area (Å²) in [5.74, 6) is -0.789. The molecule has 1 aliphatic heterocycles. The van der Waals surface area contributed by atoms with Crippen LogP contribution in [0, 0.1) is 0 Å². The summed E-state index contributed by atoms with van der Waals surface area (Å²) in [5.41, 5.74) is 1.35. The zero-order chi connectivity index (χ0) is 14.1. The molecule has 1 heterocycles. The lowest BCUT2D eigenvalue weighted by molar-refractivity contribution is -0.136. The van der Waals surface area contributed by atoms with Gasteiger partial charge in [-0.25, -0.2) is 0 Å². The normalized spacial score (nSPS) is 16.2. The average Bonchev–Trinajstić information content (AvgIpc) is 2.49. The fourth-order valence-electron chi connectivity index (χ4n) is 1.74. The Morgan fingerprint density at radius 3 is 2.37 bits per heavy atom. The first kappa shape index (κ1) is 16.0. The first-order valence-electron chi connectivity index (χ1n) is 6.52. The third-order valence-electron chi connectivity index (χ3n) is 2.86. The molecule has 19 heavy (non-hydrogen) atoms. The number of nitrogens with zero attached hydrogens (tertiary/aromatic N) is 1. The number of rotatable bonds is 3. The summed E-state index contributed by atoms with van der Waals surface area (Å²) in [6.45, 7) is 6.28. The van der Waals surface area contributed by atoms with Gasteiger partial charge < -0.3 is 15.3 Å². The summed E-state index contributed by atoms with van der Waals surface area (Å²) in [5, 5.41) is 11.5. The Hall–Kier alpha value is -1.07. The van der Waals surface area contributed by atoms with Crippen LogP contribution in [0.4, 0.5) is 5.69 Å². The molecule has 0 radical (unpaired) electrons. The van der Waals surface area contributed by atoms with Gasteiger partial charge in [-0.1, -0.05) is 41.1 Å². The molecule has 0 amide bonds. The van der Waals surface area contributed by atoms with Crippen molar-refractivity contribution in [1.29, 1.82) is 0 Å². The maximum atomic E-state index is 9.88. The summed E-state index contributed by atoms with van der Waals surface area (Å²) in [6, 6.07) is 10.6. The number of aliphatic carboxylic acids is 1. The van der Waals surface area contributed by atoms with Gasteiger partial charge in [0.1, 0.15) is 4.83 Å². The minimum Gasteiger partial charge on any atom is -0.480 e. The average molecular weight is 329 g/mol. The van der Waals surface area contributed by atoms with Gasteiger partial charge in [0.2, 0.25) is 0 Å². The maximum absolute atomic E-state index is 9.88. The van der Waals surface area contributed by atoms with Crippen LogP contribution in [0.2, 0.25) is 0 Å². The largest absolute Gasteiger partial charge is 0.480 e. The molecular weight excluding hydrogens is 308 g/mol. The number of hydrogen-bond acceptors (Lipinski definition) is 3. The molecule has 4 nitrogen and oxygen atoms in total. The van der Waals surface area contributed by atoms with Crippen molar-refractivity contribution in [2.24, 2.45) is 0 Å². The van der Waals surface area contributed by atoms with E-state index in [1.807, 2.05) is 6.92 Å². The van der Waals surface area contributed by atoms with E-state index < -0.39 is 5.97 Å². The van der Waals surface area contributed by atoms with E-state index in [0.717, 1.165) is 26.2 Å². The smallest absolute Gasteiger partial charge is 0.317 e. The molecule has 2 N–H and O–H groups in total. The van der Waals surface area contributed by atoms with Gasteiger partial charge in [-0.05, 0) is 18.6 Å². The molecule has 0 saturated carbocycles. The van der Waals surface area contributed by atoms with Crippen LogP contribution in [-0.2, 0) is 4.79 Å². The summed E-state index contributed by atoms with van der Waals surface area (Å²) < 4.78 is 0. The highest BCUT2D eigenvalue weighted by Gasteiger charge is 2.08. The van der Waals surface area contributed by atoms with Crippen molar-refractivity contribution in [2.75, 3.05) is 31.1 Å². The predicted molar refractivity (Wildman–Crippen MR) is 82.2 cm³/mol. The summed E-state index contributed by atoms with van der Waals surface area (Å²) in [6.07, 6.45) is 0.634. The Labute approximate surface area is 122 Å². The van der Waals surface area contributed by atoms with E-state index in [2.05, 4.69) is 56.5 Å². The Kier molecular flexibility index (Phi) is 7.52. The van der Waals surface area contributed by atoms with Crippen molar-refractivity contribution in [3.8, 4) is 0 Å². The summed E-state index contributed by atoms with van der Waals surface area (Å²) in [4.78, 5) is 11.9. The summed E-state index contributed by atoms with van der Waals surface area (Å²) >= 11 is 2.94. The molecule has 0 bridgehead atoms. The molecule has 0 spiro atoms.